The normalized spacial score (nSPS) is 9.94. The van der Waals surface area contributed by atoms with Gasteiger partial charge in [-0.1, -0.05) is 17.4 Å². The van der Waals surface area contributed by atoms with Gasteiger partial charge < -0.3 is 15.8 Å². The Hall–Kier alpha value is -2.08. The van der Waals surface area contributed by atoms with Gasteiger partial charge in [-0.05, 0) is 17.7 Å². The Morgan fingerprint density at radius 3 is 2.94 bits per heavy atom. The summed E-state index contributed by atoms with van der Waals surface area (Å²) in [6.07, 6.45) is 2.32. The number of carbonyl (C=O) groups excluding carboxylic acids is 1. The van der Waals surface area contributed by atoms with Crippen LogP contribution >= 0.6 is 11.3 Å². The quantitative estimate of drug-likeness (QED) is 0.812. The van der Waals surface area contributed by atoms with Crippen molar-refractivity contribution >= 4 is 28.6 Å². The topological polar surface area (TPSA) is 77.2 Å². The lowest BCUT2D eigenvalue weighted by atomic mass is 10.1. The van der Waals surface area contributed by atoms with E-state index in [0.29, 0.717) is 23.0 Å². The smallest absolute Gasteiger partial charge is 0.211 e. The molecule has 0 bridgehead atoms. The van der Waals surface area contributed by atoms with Crippen LogP contribution in [0.25, 0.3) is 10.4 Å². The molecule has 1 aromatic carbocycles. The summed E-state index contributed by atoms with van der Waals surface area (Å²) < 4.78 is 5.20. The number of nitrogens with one attached hydrogen (secondary N) is 1. The molecule has 1 aromatic heterocycles. The summed E-state index contributed by atoms with van der Waals surface area (Å²) in [6, 6.07) is 5.48. The highest BCUT2D eigenvalue weighted by molar-refractivity contribution is 7.18. The largest absolute Gasteiger partial charge is 0.495 e. The number of nitrogens with two attached hydrogens (primary N) is 1. The zero-order valence-electron chi connectivity index (χ0n) is 9.14. The summed E-state index contributed by atoms with van der Waals surface area (Å²) in [4.78, 5) is 15.4. The summed E-state index contributed by atoms with van der Waals surface area (Å²) in [5.74, 6) is 0.599. The molecule has 3 N–H and O–H groups in total. The maximum Gasteiger partial charge on any atom is 0.211 e. The molecular weight excluding hydrogens is 238 g/mol. The Morgan fingerprint density at radius 2 is 2.35 bits per heavy atom. The minimum absolute atomic E-state index is 0.522. The van der Waals surface area contributed by atoms with E-state index in [1.165, 1.54) is 11.3 Å². The fourth-order valence-electron chi connectivity index (χ4n) is 1.45. The number of hydrogen-bond acceptors (Lipinski definition) is 5. The molecule has 1 heterocycles. The highest BCUT2D eigenvalue weighted by Gasteiger charge is 2.07. The lowest BCUT2D eigenvalue weighted by molar-refractivity contribution is -0.105. The van der Waals surface area contributed by atoms with Crippen LogP contribution in [0.3, 0.4) is 0 Å². The molecule has 0 unspecified atom stereocenters. The molecule has 1 amide bonds. The zero-order valence-corrected chi connectivity index (χ0v) is 9.95. The molecule has 6 heteroatoms. The van der Waals surface area contributed by atoms with Crippen LogP contribution in [0.1, 0.15) is 0 Å². The third-order valence-corrected chi connectivity index (χ3v) is 3.10. The first-order valence-electron chi connectivity index (χ1n) is 4.84. The average Bonchev–Trinajstić information content (AvgIpc) is 2.77. The van der Waals surface area contributed by atoms with E-state index >= 15 is 0 Å². The van der Waals surface area contributed by atoms with Crippen molar-refractivity contribution in [2.24, 2.45) is 0 Å². The number of ether oxygens (including phenoxy) is 1. The van der Waals surface area contributed by atoms with E-state index in [1.807, 2.05) is 12.1 Å². The van der Waals surface area contributed by atoms with Crippen molar-refractivity contribution in [2.45, 2.75) is 0 Å². The third kappa shape index (κ3) is 2.36. The molecule has 0 aliphatic rings. The van der Waals surface area contributed by atoms with Gasteiger partial charge in [0, 0.05) is 6.20 Å². The first-order valence-corrected chi connectivity index (χ1v) is 5.66. The minimum Gasteiger partial charge on any atom is -0.495 e. The van der Waals surface area contributed by atoms with Gasteiger partial charge in [0.1, 0.15) is 5.75 Å². The molecule has 0 atom stereocenters. The van der Waals surface area contributed by atoms with Gasteiger partial charge in [0.05, 0.1) is 17.7 Å². The van der Waals surface area contributed by atoms with Crippen molar-refractivity contribution in [3.8, 4) is 16.2 Å². The number of hydrogen-bond donors (Lipinski definition) is 2. The molecule has 0 aliphatic heterocycles. The molecule has 0 aliphatic carbocycles. The maximum atomic E-state index is 10.4. The van der Waals surface area contributed by atoms with Crippen LogP contribution in [0.15, 0.2) is 24.4 Å². The van der Waals surface area contributed by atoms with Crippen molar-refractivity contribution in [1.82, 2.24) is 4.98 Å². The van der Waals surface area contributed by atoms with Crippen LogP contribution < -0.4 is 15.8 Å². The van der Waals surface area contributed by atoms with E-state index in [9.17, 15) is 4.79 Å². The molecule has 0 fully saturated rings. The summed E-state index contributed by atoms with van der Waals surface area (Å²) in [6.45, 7) is 0. The molecule has 2 rings (SSSR count). The van der Waals surface area contributed by atoms with Crippen LogP contribution in [-0.4, -0.2) is 18.5 Å². The molecule has 17 heavy (non-hydrogen) atoms. The summed E-state index contributed by atoms with van der Waals surface area (Å²) in [5, 5.41) is 3.09. The van der Waals surface area contributed by atoms with Crippen molar-refractivity contribution in [3.05, 3.63) is 24.4 Å². The van der Waals surface area contributed by atoms with Crippen molar-refractivity contribution in [3.63, 3.8) is 0 Å². The van der Waals surface area contributed by atoms with Crippen molar-refractivity contribution in [2.75, 3.05) is 18.2 Å². The number of methoxy groups -OCH3 is 1. The van der Waals surface area contributed by atoms with Gasteiger partial charge in [-0.15, -0.1) is 0 Å². The molecule has 2 aromatic rings. The second-order valence-electron chi connectivity index (χ2n) is 3.24. The number of anilines is 2. The Kier molecular flexibility index (Phi) is 3.24. The van der Waals surface area contributed by atoms with Crippen LogP contribution in [0.2, 0.25) is 0 Å². The third-order valence-electron chi connectivity index (χ3n) is 2.22. The Balaban J connectivity index is 2.40. The number of nitrogens with zero attached hydrogens (tertiary/aromatic N) is 1. The number of thiazole rings is 1. The van der Waals surface area contributed by atoms with Crippen molar-refractivity contribution in [1.29, 1.82) is 0 Å². The maximum absolute atomic E-state index is 10.4. The zero-order chi connectivity index (χ0) is 12.3. The lowest BCUT2D eigenvalue weighted by Gasteiger charge is -2.08. The van der Waals surface area contributed by atoms with Crippen LogP contribution in [0.4, 0.5) is 10.8 Å². The summed E-state index contributed by atoms with van der Waals surface area (Å²) in [7, 11) is 1.55. The average molecular weight is 249 g/mol. The number of aromatic nitrogens is 1. The van der Waals surface area contributed by atoms with Crippen LogP contribution in [0.5, 0.6) is 5.75 Å². The number of nitrogen functional groups attached to an aromatic ring is 1. The Bertz CT molecular complexity index is 539. The molecule has 0 radical (unpaired) electrons. The van der Waals surface area contributed by atoms with E-state index in [0.717, 1.165) is 10.4 Å². The standard InChI is InChI=1S/C11H11N3O2S/c1-16-9-4-7(2-3-8(9)14-6-15)10-5-13-11(12)17-10/h2-6H,1H3,(H2,12,13)(H,14,15). The van der Waals surface area contributed by atoms with E-state index in [-0.39, 0.29) is 0 Å². The van der Waals surface area contributed by atoms with Gasteiger partial charge in [-0.2, -0.15) is 0 Å². The van der Waals surface area contributed by atoms with Gasteiger partial charge in [0.2, 0.25) is 6.41 Å². The summed E-state index contributed by atoms with van der Waals surface area (Å²) >= 11 is 1.40. The molecule has 0 spiro atoms. The molecule has 88 valence electrons. The lowest BCUT2D eigenvalue weighted by Crippen LogP contribution is -1.97. The molecule has 5 nitrogen and oxygen atoms in total. The van der Waals surface area contributed by atoms with E-state index in [2.05, 4.69) is 10.3 Å². The molecule has 0 saturated heterocycles. The summed E-state index contributed by atoms with van der Waals surface area (Å²) in [5.41, 5.74) is 7.16. The van der Waals surface area contributed by atoms with Gasteiger partial charge in [0.15, 0.2) is 5.13 Å². The van der Waals surface area contributed by atoms with Crippen LogP contribution in [-0.2, 0) is 4.79 Å². The molecular formula is C11H11N3O2S. The van der Waals surface area contributed by atoms with Crippen LogP contribution in [0, 0.1) is 0 Å². The Labute approximate surface area is 102 Å². The number of amides is 1. The highest BCUT2D eigenvalue weighted by atomic mass is 32.1. The Morgan fingerprint density at radius 1 is 1.53 bits per heavy atom. The fourth-order valence-corrected chi connectivity index (χ4v) is 2.13. The number of carbonyl (C=O) groups is 1. The van der Waals surface area contributed by atoms with E-state index in [4.69, 9.17) is 10.5 Å². The van der Waals surface area contributed by atoms with Crippen molar-refractivity contribution < 1.29 is 9.53 Å². The highest BCUT2D eigenvalue weighted by Crippen LogP contribution is 2.33. The van der Waals surface area contributed by atoms with E-state index < -0.39 is 0 Å². The van der Waals surface area contributed by atoms with Gasteiger partial charge >= 0.3 is 0 Å². The first-order chi connectivity index (χ1) is 8.24. The SMILES string of the molecule is COc1cc(-c2cnc(N)s2)ccc1NC=O. The predicted octanol–water partition coefficient (Wildman–Crippen LogP) is 1.97. The second-order valence-corrected chi connectivity index (χ2v) is 4.30. The monoisotopic (exact) mass is 249 g/mol. The minimum atomic E-state index is 0.522. The van der Waals surface area contributed by atoms with E-state index in [1.54, 1.807) is 19.4 Å². The predicted molar refractivity (Wildman–Crippen MR) is 68.2 cm³/mol. The number of benzene rings is 1. The second kappa shape index (κ2) is 4.84. The fraction of sp³-hybridized carbons (Fsp3) is 0.0909. The first kappa shape index (κ1) is 11.4. The molecule has 0 saturated carbocycles. The van der Waals surface area contributed by atoms with Gasteiger partial charge in [-0.25, -0.2) is 4.98 Å². The van der Waals surface area contributed by atoms with Gasteiger partial charge in [-0.3, -0.25) is 4.79 Å². The number of rotatable bonds is 4. The van der Waals surface area contributed by atoms with Gasteiger partial charge in [0.25, 0.3) is 0 Å².